The van der Waals surface area contributed by atoms with Gasteiger partial charge in [0.1, 0.15) is 17.5 Å². The number of nitrogens with one attached hydrogen (secondary N) is 1. The van der Waals surface area contributed by atoms with Crippen LogP contribution < -0.4 is 19.7 Å². The van der Waals surface area contributed by atoms with E-state index in [-0.39, 0.29) is 6.61 Å². The molecule has 186 valence electrons. The molecule has 9 nitrogen and oxygen atoms in total. The number of nitrogens with zero attached hydrogens (tertiary/aromatic N) is 3. The molecule has 2 aromatic carbocycles. The predicted octanol–water partition coefficient (Wildman–Crippen LogP) is 2.89. The number of esters is 1. The zero-order chi connectivity index (χ0) is 24.9. The van der Waals surface area contributed by atoms with Crippen molar-refractivity contribution >= 4 is 35.1 Å². The van der Waals surface area contributed by atoms with Crippen molar-refractivity contribution in [3.8, 4) is 11.5 Å². The zero-order valence-corrected chi connectivity index (χ0v) is 20.7. The molecule has 1 amide bonds. The summed E-state index contributed by atoms with van der Waals surface area (Å²) in [6, 6.07) is 12.2. The van der Waals surface area contributed by atoms with Gasteiger partial charge in [-0.05, 0) is 43.3 Å². The fraction of sp³-hybridized carbons (Fsp3) is 0.400. The number of guanidine groups is 1. The fourth-order valence-corrected chi connectivity index (χ4v) is 4.46. The van der Waals surface area contributed by atoms with Gasteiger partial charge >= 0.3 is 5.97 Å². The predicted molar refractivity (Wildman–Crippen MR) is 133 cm³/mol. The van der Waals surface area contributed by atoms with Gasteiger partial charge in [0.05, 0.1) is 20.8 Å². The standard InChI is InChI=1S/C25H29ClN4O5/c1-4-35-24(32)21-22(19-10-9-18(33-2)15-20(19)34-3)27-25(28-23(21)31)30-13-11-29(12-14-30)17-7-5-16(26)6-8-17/h5-10,15,21-22H,4,11-14H2,1-3H3,(H,27,28,31)/t21-,22-/m1/s1. The first-order valence-corrected chi connectivity index (χ1v) is 11.9. The molecule has 1 N–H and O–H groups in total. The summed E-state index contributed by atoms with van der Waals surface area (Å²) in [6.45, 7) is 4.66. The molecule has 0 unspecified atom stereocenters. The number of carbonyl (C=O) groups is 2. The lowest BCUT2D eigenvalue weighted by molar-refractivity contribution is -0.153. The summed E-state index contributed by atoms with van der Waals surface area (Å²) in [4.78, 5) is 35.1. The van der Waals surface area contributed by atoms with E-state index >= 15 is 0 Å². The molecule has 2 aliphatic heterocycles. The largest absolute Gasteiger partial charge is 0.497 e. The maximum absolute atomic E-state index is 13.2. The molecule has 0 saturated carbocycles. The molecule has 35 heavy (non-hydrogen) atoms. The van der Waals surface area contributed by atoms with Crippen LogP contribution in [0, 0.1) is 5.92 Å². The van der Waals surface area contributed by atoms with E-state index in [1.165, 1.54) is 7.11 Å². The van der Waals surface area contributed by atoms with Gasteiger partial charge in [0.15, 0.2) is 5.92 Å². The number of hydrogen-bond donors (Lipinski definition) is 1. The number of benzene rings is 2. The van der Waals surface area contributed by atoms with Gasteiger partial charge in [-0.25, -0.2) is 4.99 Å². The number of carbonyl (C=O) groups excluding carboxylic acids is 2. The Balaban J connectivity index is 1.61. The van der Waals surface area contributed by atoms with Gasteiger partial charge in [-0.2, -0.15) is 0 Å². The third kappa shape index (κ3) is 5.30. The minimum Gasteiger partial charge on any atom is -0.497 e. The molecule has 0 aliphatic carbocycles. The molecule has 2 heterocycles. The number of anilines is 1. The Morgan fingerprint density at radius 2 is 1.74 bits per heavy atom. The third-order valence-electron chi connectivity index (χ3n) is 6.17. The number of ether oxygens (including phenoxy) is 3. The first kappa shape index (κ1) is 24.7. The molecule has 1 fully saturated rings. The summed E-state index contributed by atoms with van der Waals surface area (Å²) in [5, 5.41) is 3.53. The fourth-order valence-electron chi connectivity index (χ4n) is 4.34. The van der Waals surface area contributed by atoms with E-state index in [4.69, 9.17) is 30.8 Å². The van der Waals surface area contributed by atoms with Crippen molar-refractivity contribution in [3.05, 3.63) is 53.1 Å². The van der Waals surface area contributed by atoms with Crippen molar-refractivity contribution in [2.24, 2.45) is 10.9 Å². The lowest BCUT2D eigenvalue weighted by Gasteiger charge is -2.39. The summed E-state index contributed by atoms with van der Waals surface area (Å²) >= 11 is 6.01. The quantitative estimate of drug-likeness (QED) is 0.481. The van der Waals surface area contributed by atoms with Gasteiger partial charge in [-0.3, -0.25) is 14.9 Å². The first-order valence-electron chi connectivity index (χ1n) is 11.5. The van der Waals surface area contributed by atoms with Crippen LogP contribution in [-0.4, -0.2) is 69.7 Å². The van der Waals surface area contributed by atoms with Crippen molar-refractivity contribution in [2.45, 2.75) is 13.0 Å². The van der Waals surface area contributed by atoms with Crippen LogP contribution >= 0.6 is 11.6 Å². The van der Waals surface area contributed by atoms with Crippen LogP contribution in [0.2, 0.25) is 5.02 Å². The number of piperazine rings is 1. The monoisotopic (exact) mass is 500 g/mol. The normalized spacial score (nSPS) is 20.1. The average Bonchev–Trinajstić information content (AvgIpc) is 2.88. The second-order valence-corrected chi connectivity index (χ2v) is 8.61. The number of rotatable bonds is 6. The maximum atomic E-state index is 13.2. The highest BCUT2D eigenvalue weighted by Gasteiger charge is 2.43. The van der Waals surface area contributed by atoms with Gasteiger partial charge < -0.3 is 24.0 Å². The molecule has 4 rings (SSSR count). The summed E-state index contributed by atoms with van der Waals surface area (Å²) in [5.74, 6) is -0.680. The Kier molecular flexibility index (Phi) is 7.65. The molecule has 0 bridgehead atoms. The Morgan fingerprint density at radius 3 is 2.37 bits per heavy atom. The molecule has 1 saturated heterocycles. The summed E-state index contributed by atoms with van der Waals surface area (Å²) in [6.07, 6.45) is 0. The highest BCUT2D eigenvalue weighted by Crippen LogP contribution is 2.38. The number of methoxy groups -OCH3 is 2. The molecule has 2 aliphatic rings. The van der Waals surface area contributed by atoms with Crippen LogP contribution in [0.5, 0.6) is 11.5 Å². The van der Waals surface area contributed by atoms with Gasteiger partial charge in [-0.15, -0.1) is 0 Å². The van der Waals surface area contributed by atoms with Crippen LogP contribution in [0.4, 0.5) is 5.69 Å². The Hall–Kier alpha value is -3.46. The Morgan fingerprint density at radius 1 is 1.06 bits per heavy atom. The van der Waals surface area contributed by atoms with Crippen molar-refractivity contribution in [1.29, 1.82) is 0 Å². The van der Waals surface area contributed by atoms with E-state index in [0.717, 1.165) is 18.8 Å². The topological polar surface area (TPSA) is 92.7 Å². The molecule has 0 spiro atoms. The first-order chi connectivity index (χ1) is 16.9. The van der Waals surface area contributed by atoms with Crippen LogP contribution in [0.15, 0.2) is 47.5 Å². The highest BCUT2D eigenvalue weighted by atomic mass is 35.5. The molecular formula is C25H29ClN4O5. The average molecular weight is 501 g/mol. The summed E-state index contributed by atoms with van der Waals surface area (Å²) < 4.78 is 16.1. The minimum absolute atomic E-state index is 0.165. The molecule has 0 aromatic heterocycles. The van der Waals surface area contributed by atoms with Crippen molar-refractivity contribution < 1.29 is 23.8 Å². The maximum Gasteiger partial charge on any atom is 0.321 e. The van der Waals surface area contributed by atoms with Crippen LogP contribution in [0.3, 0.4) is 0 Å². The SMILES string of the molecule is CCOC(=O)[C@H]1C(=O)NC(N2CCN(c3ccc(Cl)cc3)CC2)=N[C@@H]1c1ccc(OC)cc1OC. The number of halogens is 1. The number of aliphatic imine (C=N–C) groups is 1. The van der Waals surface area contributed by atoms with Crippen LogP contribution in [0.1, 0.15) is 18.5 Å². The number of hydrogen-bond acceptors (Lipinski definition) is 8. The van der Waals surface area contributed by atoms with Crippen LogP contribution in [0.25, 0.3) is 0 Å². The van der Waals surface area contributed by atoms with Gasteiger partial charge in [0.25, 0.3) is 0 Å². The van der Waals surface area contributed by atoms with Gasteiger partial charge in [0, 0.05) is 48.5 Å². The van der Waals surface area contributed by atoms with Crippen molar-refractivity contribution in [2.75, 3.05) is 51.9 Å². The second kappa shape index (κ2) is 10.9. The van der Waals surface area contributed by atoms with Crippen LogP contribution in [-0.2, 0) is 14.3 Å². The summed E-state index contributed by atoms with van der Waals surface area (Å²) in [5.41, 5.74) is 1.70. The lowest BCUT2D eigenvalue weighted by atomic mass is 9.90. The molecule has 10 heteroatoms. The zero-order valence-electron chi connectivity index (χ0n) is 20.0. The van der Waals surface area contributed by atoms with Gasteiger partial charge in [0.2, 0.25) is 11.9 Å². The van der Waals surface area contributed by atoms with E-state index < -0.39 is 23.8 Å². The van der Waals surface area contributed by atoms with E-state index in [2.05, 4.69) is 10.2 Å². The van der Waals surface area contributed by atoms with E-state index in [0.29, 0.717) is 41.1 Å². The summed E-state index contributed by atoms with van der Waals surface area (Å²) in [7, 11) is 3.09. The third-order valence-corrected chi connectivity index (χ3v) is 6.42. The van der Waals surface area contributed by atoms with Crippen molar-refractivity contribution in [1.82, 2.24) is 10.2 Å². The minimum atomic E-state index is -1.13. The second-order valence-electron chi connectivity index (χ2n) is 8.17. The lowest BCUT2D eigenvalue weighted by Crippen LogP contribution is -2.57. The molecular weight excluding hydrogens is 472 g/mol. The Bertz CT molecular complexity index is 1100. The molecule has 0 radical (unpaired) electrons. The Labute approximate surface area is 209 Å². The highest BCUT2D eigenvalue weighted by molar-refractivity contribution is 6.30. The molecule has 2 aromatic rings. The van der Waals surface area contributed by atoms with E-state index in [1.807, 2.05) is 29.2 Å². The number of amides is 1. The molecule has 2 atom stereocenters. The van der Waals surface area contributed by atoms with Crippen molar-refractivity contribution in [3.63, 3.8) is 0 Å². The van der Waals surface area contributed by atoms with Gasteiger partial charge in [-0.1, -0.05) is 11.6 Å². The smallest absolute Gasteiger partial charge is 0.321 e. The van der Waals surface area contributed by atoms with E-state index in [1.54, 1.807) is 32.2 Å². The van der Waals surface area contributed by atoms with E-state index in [9.17, 15) is 9.59 Å².